The molecule has 0 fully saturated rings. The van der Waals surface area contributed by atoms with E-state index in [9.17, 15) is 18.4 Å². The highest BCUT2D eigenvalue weighted by atomic mass is 19.3. The molecule has 124 valence electrons. The molecule has 0 saturated carbocycles. The molecule has 0 aliphatic heterocycles. The van der Waals surface area contributed by atoms with Gasteiger partial charge in [0.25, 0.3) is 0 Å². The molecule has 0 radical (unpaired) electrons. The van der Waals surface area contributed by atoms with Gasteiger partial charge in [-0.05, 0) is 27.2 Å². The molecule has 0 aliphatic rings. The van der Waals surface area contributed by atoms with Crippen LogP contribution >= 0.6 is 0 Å². The highest BCUT2D eigenvalue weighted by Gasteiger charge is 2.25. The number of carbonyl (C=O) groups excluding carboxylic acids is 1. The van der Waals surface area contributed by atoms with Crippen molar-refractivity contribution in [2.75, 3.05) is 6.54 Å². The maximum Gasteiger partial charge on any atom is 0.333 e. The van der Waals surface area contributed by atoms with Crippen LogP contribution in [0, 0.1) is 13.8 Å². The number of carbonyl (C=O) groups is 2. The number of aliphatic carboxylic acids is 1. The summed E-state index contributed by atoms with van der Waals surface area (Å²) in [4.78, 5) is 24.5. The number of aryl methyl sites for hydroxylation is 1. The molecule has 0 saturated heterocycles. The molecule has 1 amide bonds. The molecule has 6 nitrogen and oxygen atoms in total. The smallest absolute Gasteiger partial charge is 0.333 e. The molecular weight excluding hydrogens is 296 g/mol. The normalized spacial score (nSPS) is 12.5. The van der Waals surface area contributed by atoms with E-state index in [1.54, 1.807) is 13.8 Å². The van der Waals surface area contributed by atoms with Gasteiger partial charge in [0.2, 0.25) is 5.91 Å². The Balaban J connectivity index is 3.01. The van der Waals surface area contributed by atoms with Gasteiger partial charge in [0.05, 0.1) is 12.1 Å². The van der Waals surface area contributed by atoms with E-state index in [1.165, 1.54) is 11.8 Å². The summed E-state index contributed by atoms with van der Waals surface area (Å²) in [7, 11) is 0. The van der Waals surface area contributed by atoms with E-state index < -0.39 is 25.0 Å². The Morgan fingerprint density at radius 1 is 1.36 bits per heavy atom. The first-order valence-electron chi connectivity index (χ1n) is 7.03. The Kier molecular flexibility index (Phi) is 6.01. The minimum absolute atomic E-state index is 0.137. The molecule has 0 aliphatic carbocycles. The van der Waals surface area contributed by atoms with E-state index in [-0.39, 0.29) is 18.2 Å². The molecule has 22 heavy (non-hydrogen) atoms. The molecule has 1 heterocycles. The summed E-state index contributed by atoms with van der Waals surface area (Å²) < 4.78 is 26.2. The van der Waals surface area contributed by atoms with Crippen LogP contribution < -0.4 is 0 Å². The van der Waals surface area contributed by atoms with E-state index in [2.05, 4.69) is 5.10 Å². The number of nitrogens with zero attached hydrogens (tertiary/aromatic N) is 3. The summed E-state index contributed by atoms with van der Waals surface area (Å²) in [5.41, 5.74) is 0.995. The summed E-state index contributed by atoms with van der Waals surface area (Å²) >= 11 is 0. The van der Waals surface area contributed by atoms with Gasteiger partial charge in [-0.2, -0.15) is 13.9 Å². The SMILES string of the molecule is CCC(C)N(CC(=O)O)C(=O)Cc1c(C)nn(C(F)F)c1C. The first-order valence-corrected chi connectivity index (χ1v) is 7.03. The molecule has 8 heteroatoms. The first-order chi connectivity index (χ1) is 10.2. The van der Waals surface area contributed by atoms with E-state index in [1.807, 2.05) is 6.92 Å². The largest absolute Gasteiger partial charge is 0.480 e. The van der Waals surface area contributed by atoms with Gasteiger partial charge in [-0.15, -0.1) is 0 Å². The summed E-state index contributed by atoms with van der Waals surface area (Å²) in [6, 6.07) is -0.241. The second kappa shape index (κ2) is 7.33. The van der Waals surface area contributed by atoms with Crippen molar-refractivity contribution in [3.63, 3.8) is 0 Å². The predicted octanol–water partition coefficient (Wildman–Crippen LogP) is 2.15. The number of aromatic nitrogens is 2. The molecule has 0 bridgehead atoms. The number of halogens is 2. The summed E-state index contributed by atoms with van der Waals surface area (Å²) in [5, 5.41) is 12.6. The van der Waals surface area contributed by atoms with E-state index in [4.69, 9.17) is 5.11 Å². The van der Waals surface area contributed by atoms with E-state index >= 15 is 0 Å². The third-order valence-electron chi connectivity index (χ3n) is 3.74. The molecule has 1 N–H and O–H groups in total. The number of carboxylic acid groups (broad SMARTS) is 1. The molecule has 1 rings (SSSR count). The van der Waals surface area contributed by atoms with Crippen LogP contribution in [-0.2, 0) is 16.0 Å². The highest BCUT2D eigenvalue weighted by Crippen LogP contribution is 2.20. The Hall–Kier alpha value is -1.99. The van der Waals surface area contributed by atoms with Crippen LogP contribution in [0.3, 0.4) is 0 Å². The van der Waals surface area contributed by atoms with Crippen molar-refractivity contribution >= 4 is 11.9 Å². The lowest BCUT2D eigenvalue weighted by atomic mass is 10.1. The lowest BCUT2D eigenvalue weighted by molar-refractivity contribution is -0.145. The minimum Gasteiger partial charge on any atom is -0.480 e. The molecule has 1 unspecified atom stereocenters. The Bertz CT molecular complexity index is 558. The van der Waals surface area contributed by atoms with Crippen molar-refractivity contribution in [1.29, 1.82) is 0 Å². The number of hydrogen-bond acceptors (Lipinski definition) is 3. The number of alkyl halides is 2. The van der Waals surface area contributed by atoms with Crippen molar-refractivity contribution in [2.45, 2.75) is 53.1 Å². The predicted molar refractivity (Wildman–Crippen MR) is 75.8 cm³/mol. The lowest BCUT2D eigenvalue weighted by Crippen LogP contribution is -2.42. The van der Waals surface area contributed by atoms with Crippen LogP contribution in [0.15, 0.2) is 0 Å². The fourth-order valence-corrected chi connectivity index (χ4v) is 2.25. The van der Waals surface area contributed by atoms with Crippen LogP contribution in [0.5, 0.6) is 0 Å². The summed E-state index contributed by atoms with van der Waals surface area (Å²) in [6.07, 6.45) is 0.468. The van der Waals surface area contributed by atoms with Gasteiger partial charge in [0.15, 0.2) is 0 Å². The monoisotopic (exact) mass is 317 g/mol. The Labute approximate surface area is 127 Å². The fourth-order valence-electron chi connectivity index (χ4n) is 2.25. The summed E-state index contributed by atoms with van der Waals surface area (Å²) in [6.45, 7) is 3.45. The van der Waals surface area contributed by atoms with Crippen molar-refractivity contribution < 1.29 is 23.5 Å². The van der Waals surface area contributed by atoms with Crippen LogP contribution in [0.2, 0.25) is 0 Å². The van der Waals surface area contributed by atoms with E-state index in [0.717, 1.165) is 0 Å². The number of amides is 1. The van der Waals surface area contributed by atoms with Gasteiger partial charge in [-0.25, -0.2) is 4.68 Å². The first kappa shape index (κ1) is 18.1. The average Bonchev–Trinajstić information content (AvgIpc) is 2.71. The zero-order chi connectivity index (χ0) is 17.0. The lowest BCUT2D eigenvalue weighted by Gasteiger charge is -2.27. The molecule has 0 spiro atoms. The number of hydrogen-bond donors (Lipinski definition) is 1. The van der Waals surface area contributed by atoms with Crippen molar-refractivity contribution in [1.82, 2.24) is 14.7 Å². The number of carboxylic acids is 1. The highest BCUT2D eigenvalue weighted by molar-refractivity contribution is 5.83. The molecular formula is C14H21F2N3O3. The van der Waals surface area contributed by atoms with Gasteiger partial charge in [-0.3, -0.25) is 9.59 Å². The van der Waals surface area contributed by atoms with E-state index in [0.29, 0.717) is 22.4 Å². The summed E-state index contributed by atoms with van der Waals surface area (Å²) in [5.74, 6) is -1.51. The number of rotatable bonds is 7. The maximum absolute atomic E-state index is 12.8. The molecule has 1 aromatic heterocycles. The van der Waals surface area contributed by atoms with Gasteiger partial charge in [-0.1, -0.05) is 6.92 Å². The third-order valence-corrected chi connectivity index (χ3v) is 3.74. The second-order valence-corrected chi connectivity index (χ2v) is 5.22. The van der Waals surface area contributed by atoms with Crippen molar-refractivity contribution in [2.24, 2.45) is 0 Å². The Morgan fingerprint density at radius 3 is 2.36 bits per heavy atom. The zero-order valence-electron chi connectivity index (χ0n) is 13.1. The van der Waals surface area contributed by atoms with Gasteiger partial charge in [0.1, 0.15) is 6.54 Å². The van der Waals surface area contributed by atoms with Crippen molar-refractivity contribution in [3.8, 4) is 0 Å². The quantitative estimate of drug-likeness (QED) is 0.836. The Morgan fingerprint density at radius 2 is 1.95 bits per heavy atom. The average molecular weight is 317 g/mol. The van der Waals surface area contributed by atoms with Crippen LogP contribution in [0.25, 0.3) is 0 Å². The van der Waals surface area contributed by atoms with Crippen LogP contribution in [0.1, 0.15) is 43.8 Å². The van der Waals surface area contributed by atoms with Crippen LogP contribution in [0.4, 0.5) is 8.78 Å². The standard InChI is InChI=1S/C14H21F2N3O3/c1-5-8(2)18(7-13(21)22)12(20)6-11-9(3)17-19(10(11)4)14(15)16/h8,14H,5-7H2,1-4H3,(H,21,22). The zero-order valence-corrected chi connectivity index (χ0v) is 13.1. The second-order valence-electron chi connectivity index (χ2n) is 5.22. The van der Waals surface area contributed by atoms with Crippen LogP contribution in [-0.4, -0.2) is 44.3 Å². The molecule has 1 aromatic rings. The molecule has 1 atom stereocenters. The van der Waals surface area contributed by atoms with Gasteiger partial charge in [0, 0.05) is 17.3 Å². The topological polar surface area (TPSA) is 75.4 Å². The van der Waals surface area contributed by atoms with Crippen molar-refractivity contribution in [3.05, 3.63) is 17.0 Å². The fraction of sp³-hybridized carbons (Fsp3) is 0.643. The maximum atomic E-state index is 12.8. The minimum atomic E-state index is -2.77. The molecule has 0 aromatic carbocycles. The van der Waals surface area contributed by atoms with Gasteiger partial charge < -0.3 is 10.0 Å². The van der Waals surface area contributed by atoms with Gasteiger partial charge >= 0.3 is 12.5 Å². The third kappa shape index (κ3) is 4.02.